The number of hydrogen-bond acceptors (Lipinski definition) is 5. The SMILES string of the molecule is CCOc1cc(C(=O)Nc2ccccc2OC(F)(F)F)ccc1OCc1ccncc1. The van der Waals surface area contributed by atoms with Gasteiger partial charge in [0, 0.05) is 18.0 Å². The fourth-order valence-corrected chi connectivity index (χ4v) is 2.66. The Bertz CT molecular complexity index is 1030. The highest BCUT2D eigenvalue weighted by molar-refractivity contribution is 6.05. The Morgan fingerprint density at radius 2 is 1.71 bits per heavy atom. The van der Waals surface area contributed by atoms with E-state index >= 15 is 0 Å². The molecule has 1 N–H and O–H groups in total. The van der Waals surface area contributed by atoms with E-state index in [4.69, 9.17) is 9.47 Å². The van der Waals surface area contributed by atoms with E-state index in [0.29, 0.717) is 18.1 Å². The van der Waals surface area contributed by atoms with E-state index in [1.165, 1.54) is 30.3 Å². The van der Waals surface area contributed by atoms with Gasteiger partial charge in [0.05, 0.1) is 12.3 Å². The predicted molar refractivity (Wildman–Crippen MR) is 107 cm³/mol. The largest absolute Gasteiger partial charge is 0.573 e. The number of alkyl halides is 3. The van der Waals surface area contributed by atoms with Gasteiger partial charge in [-0.25, -0.2) is 0 Å². The number of hydrogen-bond donors (Lipinski definition) is 1. The van der Waals surface area contributed by atoms with Gasteiger partial charge in [0.2, 0.25) is 0 Å². The van der Waals surface area contributed by atoms with Gasteiger partial charge in [-0.3, -0.25) is 9.78 Å². The molecule has 0 aliphatic heterocycles. The summed E-state index contributed by atoms with van der Waals surface area (Å²) in [5, 5.41) is 2.43. The van der Waals surface area contributed by atoms with Crippen molar-refractivity contribution in [2.24, 2.45) is 0 Å². The molecule has 0 atom stereocenters. The van der Waals surface area contributed by atoms with Crippen molar-refractivity contribution in [3.63, 3.8) is 0 Å². The second kappa shape index (κ2) is 9.84. The third kappa shape index (κ3) is 6.36. The summed E-state index contributed by atoms with van der Waals surface area (Å²) in [7, 11) is 0. The minimum absolute atomic E-state index is 0.110. The second-order valence-corrected chi connectivity index (χ2v) is 6.24. The lowest BCUT2D eigenvalue weighted by atomic mass is 10.1. The van der Waals surface area contributed by atoms with E-state index in [2.05, 4.69) is 15.0 Å². The summed E-state index contributed by atoms with van der Waals surface area (Å²) in [6, 6.07) is 13.4. The summed E-state index contributed by atoms with van der Waals surface area (Å²) in [6.07, 6.45) is -1.58. The van der Waals surface area contributed by atoms with Crippen molar-refractivity contribution in [2.75, 3.05) is 11.9 Å². The van der Waals surface area contributed by atoms with Gasteiger partial charge in [0.15, 0.2) is 17.2 Å². The Kier molecular flexibility index (Phi) is 6.96. The summed E-state index contributed by atoms with van der Waals surface area (Å²) < 4.78 is 53.1. The molecule has 0 aliphatic rings. The van der Waals surface area contributed by atoms with Gasteiger partial charge < -0.3 is 19.5 Å². The molecule has 1 aromatic heterocycles. The molecule has 0 spiro atoms. The quantitative estimate of drug-likeness (QED) is 0.529. The Morgan fingerprint density at radius 1 is 0.968 bits per heavy atom. The van der Waals surface area contributed by atoms with Gasteiger partial charge in [0.25, 0.3) is 5.91 Å². The minimum atomic E-state index is -4.88. The molecule has 0 radical (unpaired) electrons. The zero-order chi connectivity index (χ0) is 22.3. The number of carbonyl (C=O) groups is 1. The average Bonchev–Trinajstić information content (AvgIpc) is 2.74. The zero-order valence-electron chi connectivity index (χ0n) is 16.5. The lowest BCUT2D eigenvalue weighted by Crippen LogP contribution is -2.19. The molecule has 1 amide bonds. The number of rotatable bonds is 8. The molecule has 6 nitrogen and oxygen atoms in total. The number of pyridine rings is 1. The van der Waals surface area contributed by atoms with Gasteiger partial charge in [0.1, 0.15) is 6.61 Å². The van der Waals surface area contributed by atoms with Gasteiger partial charge in [-0.15, -0.1) is 13.2 Å². The molecule has 9 heteroatoms. The highest BCUT2D eigenvalue weighted by atomic mass is 19.4. The van der Waals surface area contributed by atoms with Crippen molar-refractivity contribution >= 4 is 11.6 Å². The predicted octanol–water partition coefficient (Wildman–Crippen LogP) is 5.21. The summed E-state index contributed by atoms with van der Waals surface area (Å²) >= 11 is 0. The van der Waals surface area contributed by atoms with E-state index in [0.717, 1.165) is 11.6 Å². The highest BCUT2D eigenvalue weighted by Crippen LogP contribution is 2.32. The molecule has 162 valence electrons. The minimum Gasteiger partial charge on any atom is -0.490 e. The topological polar surface area (TPSA) is 69.7 Å². The number of amides is 1. The first kappa shape index (κ1) is 21.9. The molecular weight excluding hydrogens is 413 g/mol. The van der Waals surface area contributed by atoms with Crippen molar-refractivity contribution < 1.29 is 32.2 Å². The van der Waals surface area contributed by atoms with Crippen LogP contribution in [-0.4, -0.2) is 23.9 Å². The first-order valence-electron chi connectivity index (χ1n) is 9.30. The lowest BCUT2D eigenvalue weighted by Gasteiger charge is -2.15. The number of nitrogens with zero attached hydrogens (tertiary/aromatic N) is 1. The van der Waals surface area contributed by atoms with Crippen molar-refractivity contribution in [3.05, 3.63) is 78.1 Å². The van der Waals surface area contributed by atoms with E-state index in [9.17, 15) is 18.0 Å². The maximum Gasteiger partial charge on any atom is 0.573 e. The fourth-order valence-electron chi connectivity index (χ4n) is 2.66. The standard InChI is InChI=1S/C22H19F3N2O4/c1-2-29-20-13-16(7-8-19(20)30-14-15-9-11-26-12-10-15)21(28)27-17-5-3-4-6-18(17)31-22(23,24)25/h3-13H,2,14H2,1H3,(H,27,28). The Balaban J connectivity index is 1.77. The van der Waals surface area contributed by atoms with E-state index < -0.39 is 18.0 Å². The molecule has 0 aliphatic carbocycles. The number of para-hydroxylation sites is 2. The number of nitrogens with one attached hydrogen (secondary N) is 1. The van der Waals surface area contributed by atoms with Crippen molar-refractivity contribution in [1.29, 1.82) is 0 Å². The molecule has 3 rings (SSSR count). The van der Waals surface area contributed by atoms with Crippen LogP contribution in [0, 0.1) is 0 Å². The van der Waals surface area contributed by atoms with Crippen molar-refractivity contribution in [3.8, 4) is 17.2 Å². The van der Waals surface area contributed by atoms with Crippen LogP contribution in [0.2, 0.25) is 0 Å². The van der Waals surface area contributed by atoms with Crippen LogP contribution < -0.4 is 19.5 Å². The van der Waals surface area contributed by atoms with Crippen molar-refractivity contribution in [2.45, 2.75) is 19.9 Å². The maximum absolute atomic E-state index is 12.6. The monoisotopic (exact) mass is 432 g/mol. The molecule has 31 heavy (non-hydrogen) atoms. The van der Waals surface area contributed by atoms with Gasteiger partial charge in [-0.05, 0) is 55.0 Å². The highest BCUT2D eigenvalue weighted by Gasteiger charge is 2.32. The molecule has 0 bridgehead atoms. The normalized spacial score (nSPS) is 11.0. The molecule has 0 saturated carbocycles. The van der Waals surface area contributed by atoms with Crippen molar-refractivity contribution in [1.82, 2.24) is 4.98 Å². The number of benzene rings is 2. The number of ether oxygens (including phenoxy) is 3. The molecular formula is C22H19F3N2O4. The van der Waals surface area contributed by atoms with Gasteiger partial charge in [-0.2, -0.15) is 0 Å². The van der Waals surface area contributed by atoms with Crippen LogP contribution in [0.5, 0.6) is 17.2 Å². The van der Waals surface area contributed by atoms with Crippen LogP contribution in [0.4, 0.5) is 18.9 Å². The lowest BCUT2D eigenvalue weighted by molar-refractivity contribution is -0.274. The second-order valence-electron chi connectivity index (χ2n) is 6.24. The van der Waals surface area contributed by atoms with E-state index in [1.807, 2.05) is 12.1 Å². The van der Waals surface area contributed by atoms with Crippen LogP contribution in [0.15, 0.2) is 67.0 Å². The van der Waals surface area contributed by atoms with Crippen LogP contribution in [-0.2, 0) is 6.61 Å². The Hall–Kier alpha value is -3.75. The maximum atomic E-state index is 12.6. The van der Waals surface area contributed by atoms with E-state index in [1.54, 1.807) is 25.4 Å². The molecule has 0 unspecified atom stereocenters. The Morgan fingerprint density at radius 3 is 2.42 bits per heavy atom. The van der Waals surface area contributed by atoms with Gasteiger partial charge >= 0.3 is 6.36 Å². The third-order valence-electron chi connectivity index (χ3n) is 4.01. The summed E-state index contributed by atoms with van der Waals surface area (Å²) in [5.74, 6) is -0.370. The molecule has 0 saturated heterocycles. The summed E-state index contributed by atoms with van der Waals surface area (Å²) in [5.41, 5.74) is 0.975. The number of carbonyl (C=O) groups excluding carboxylic acids is 1. The van der Waals surface area contributed by atoms with Crippen LogP contribution in [0.25, 0.3) is 0 Å². The first-order valence-corrected chi connectivity index (χ1v) is 9.30. The first-order chi connectivity index (χ1) is 14.9. The smallest absolute Gasteiger partial charge is 0.490 e. The van der Waals surface area contributed by atoms with Crippen LogP contribution in [0.1, 0.15) is 22.8 Å². The fraction of sp³-hybridized carbons (Fsp3) is 0.182. The number of halogens is 3. The number of aromatic nitrogens is 1. The van der Waals surface area contributed by atoms with E-state index in [-0.39, 0.29) is 17.9 Å². The van der Waals surface area contributed by atoms with Crippen LogP contribution >= 0.6 is 0 Å². The molecule has 3 aromatic rings. The zero-order valence-corrected chi connectivity index (χ0v) is 16.5. The van der Waals surface area contributed by atoms with Gasteiger partial charge in [-0.1, -0.05) is 12.1 Å². The third-order valence-corrected chi connectivity index (χ3v) is 4.01. The average molecular weight is 432 g/mol. The molecule has 2 aromatic carbocycles. The summed E-state index contributed by atoms with van der Waals surface area (Å²) in [4.78, 5) is 16.6. The van der Waals surface area contributed by atoms with Crippen LogP contribution in [0.3, 0.4) is 0 Å². The molecule has 0 fully saturated rings. The molecule has 1 heterocycles. The number of anilines is 1. The Labute approximate surface area is 176 Å². The summed E-state index contributed by atoms with van der Waals surface area (Å²) in [6.45, 7) is 2.39.